The Bertz CT molecular complexity index is 1430. The van der Waals surface area contributed by atoms with Crippen molar-refractivity contribution in [2.75, 3.05) is 13.1 Å². The number of phenols is 1. The predicted molar refractivity (Wildman–Crippen MR) is 137 cm³/mol. The number of halogens is 3. The van der Waals surface area contributed by atoms with E-state index < -0.39 is 21.7 Å². The average Bonchev–Trinajstić information content (AvgIpc) is 3.19. The molecule has 11 heteroatoms. The smallest absolute Gasteiger partial charge is 0.243 e. The third-order valence-electron chi connectivity index (χ3n) is 6.07. The van der Waals surface area contributed by atoms with E-state index in [9.17, 15) is 22.3 Å². The number of sulfonamides is 1. The molecule has 2 aromatic carbocycles. The summed E-state index contributed by atoms with van der Waals surface area (Å²) >= 11 is 3.47. The fourth-order valence-electron chi connectivity index (χ4n) is 4.02. The third-order valence-corrected chi connectivity index (χ3v) is 8.75. The maximum Gasteiger partial charge on any atom is 0.243 e. The van der Waals surface area contributed by atoms with Crippen LogP contribution in [0.5, 0.6) is 5.75 Å². The van der Waals surface area contributed by atoms with Crippen LogP contribution in [-0.2, 0) is 10.0 Å². The van der Waals surface area contributed by atoms with Crippen molar-refractivity contribution < 1.29 is 22.3 Å². The molecule has 2 heterocycles. The van der Waals surface area contributed by atoms with Crippen molar-refractivity contribution >= 4 is 37.3 Å². The van der Waals surface area contributed by atoms with Crippen LogP contribution in [0.1, 0.15) is 24.1 Å². The molecule has 3 aromatic rings. The van der Waals surface area contributed by atoms with Crippen molar-refractivity contribution in [3.05, 3.63) is 88.7 Å². The van der Waals surface area contributed by atoms with Crippen molar-refractivity contribution in [1.82, 2.24) is 19.4 Å². The van der Waals surface area contributed by atoms with E-state index in [-0.39, 0.29) is 29.8 Å². The molecule has 0 bridgehead atoms. The second-order valence-corrected chi connectivity index (χ2v) is 11.3. The van der Waals surface area contributed by atoms with Gasteiger partial charge in [0.1, 0.15) is 11.6 Å². The number of hydrogen-bond donors (Lipinski definition) is 2. The molecule has 1 fully saturated rings. The molecule has 0 spiro atoms. The van der Waals surface area contributed by atoms with E-state index in [0.717, 1.165) is 22.3 Å². The van der Waals surface area contributed by atoms with Gasteiger partial charge in [-0.25, -0.2) is 21.9 Å². The Hall–Kier alpha value is -3.02. The van der Waals surface area contributed by atoms with E-state index in [1.807, 2.05) is 6.92 Å². The van der Waals surface area contributed by atoms with Gasteiger partial charge in [0, 0.05) is 24.7 Å². The number of phenolic OH excluding ortho intramolecular Hbond substituents is 1. The minimum Gasteiger partial charge on any atom is -0.507 e. The zero-order valence-corrected chi connectivity index (χ0v) is 21.9. The summed E-state index contributed by atoms with van der Waals surface area (Å²) in [5.74, 6) is -1.57. The molecule has 0 atom stereocenters. The van der Waals surface area contributed by atoms with Crippen LogP contribution in [0.15, 0.2) is 70.7 Å². The monoisotopic (exact) mass is 578 g/mol. The van der Waals surface area contributed by atoms with E-state index in [1.54, 1.807) is 41.2 Å². The summed E-state index contributed by atoms with van der Waals surface area (Å²) in [5.41, 5.74) is 1.99. The lowest BCUT2D eigenvalue weighted by atomic mass is 10.0. The van der Waals surface area contributed by atoms with Gasteiger partial charge in [-0.3, -0.25) is 0 Å². The predicted octanol–water partition coefficient (Wildman–Crippen LogP) is 4.89. The molecule has 2 N–H and O–H groups in total. The van der Waals surface area contributed by atoms with Crippen LogP contribution < -0.4 is 5.32 Å². The van der Waals surface area contributed by atoms with E-state index >= 15 is 0 Å². The lowest BCUT2D eigenvalue weighted by molar-refractivity contribution is 0.303. The molecule has 1 aliphatic heterocycles. The Morgan fingerprint density at radius 3 is 2.50 bits per heavy atom. The zero-order chi connectivity index (χ0) is 26.0. The van der Waals surface area contributed by atoms with Crippen LogP contribution in [0.3, 0.4) is 0 Å². The molecule has 1 aromatic heterocycles. The van der Waals surface area contributed by atoms with Crippen LogP contribution >= 0.6 is 15.9 Å². The minimum atomic E-state index is -3.95. The van der Waals surface area contributed by atoms with Gasteiger partial charge in [0.2, 0.25) is 10.0 Å². The molecule has 0 aliphatic carbocycles. The van der Waals surface area contributed by atoms with Crippen LogP contribution in [-0.4, -0.2) is 46.7 Å². The fraction of sp³-hybridized carbons (Fsp3) is 0.240. The van der Waals surface area contributed by atoms with Gasteiger partial charge < -0.3 is 10.4 Å². The highest BCUT2D eigenvalue weighted by Crippen LogP contribution is 2.28. The van der Waals surface area contributed by atoms with E-state index in [0.29, 0.717) is 35.9 Å². The van der Waals surface area contributed by atoms with Crippen LogP contribution in [0.4, 0.5) is 8.78 Å². The lowest BCUT2D eigenvalue weighted by Gasteiger charge is -2.32. The van der Waals surface area contributed by atoms with Gasteiger partial charge in [0.25, 0.3) is 0 Å². The Morgan fingerprint density at radius 2 is 1.89 bits per heavy atom. The van der Waals surface area contributed by atoms with Gasteiger partial charge in [-0.1, -0.05) is 24.8 Å². The summed E-state index contributed by atoms with van der Waals surface area (Å²) in [6, 6.07) is 9.38. The van der Waals surface area contributed by atoms with Gasteiger partial charge in [0.05, 0.1) is 21.3 Å². The normalized spacial score (nSPS) is 15.7. The summed E-state index contributed by atoms with van der Waals surface area (Å²) in [6.45, 7) is 6.40. The molecule has 36 heavy (non-hydrogen) atoms. The summed E-state index contributed by atoms with van der Waals surface area (Å²) in [6.07, 6.45) is 4.41. The molecule has 0 unspecified atom stereocenters. The van der Waals surface area contributed by atoms with Gasteiger partial charge >= 0.3 is 0 Å². The number of allylic oxidation sites excluding steroid dienone is 2. The van der Waals surface area contributed by atoms with Crippen molar-refractivity contribution in [3.8, 4) is 5.75 Å². The van der Waals surface area contributed by atoms with Crippen molar-refractivity contribution in [3.63, 3.8) is 0 Å². The highest BCUT2D eigenvalue weighted by molar-refractivity contribution is 9.10. The van der Waals surface area contributed by atoms with E-state index in [2.05, 4.69) is 32.9 Å². The maximum atomic E-state index is 13.6. The van der Waals surface area contributed by atoms with Crippen molar-refractivity contribution in [1.29, 1.82) is 0 Å². The molecule has 1 aliphatic rings. The minimum absolute atomic E-state index is 0.0906. The SMILES string of the molecule is C=C(/C=C(/NC1CCN(S(=O)(=O)c2ccc(F)c(F)c2)CC1)n1ncc(Br)c1C)c1ccccc1O. The highest BCUT2D eigenvalue weighted by atomic mass is 79.9. The fourth-order valence-corrected chi connectivity index (χ4v) is 5.76. The van der Waals surface area contributed by atoms with Crippen LogP contribution in [0.2, 0.25) is 0 Å². The molecular weight excluding hydrogens is 554 g/mol. The Labute approximate surface area is 216 Å². The number of aromatic nitrogens is 2. The Morgan fingerprint density at radius 1 is 1.19 bits per heavy atom. The topological polar surface area (TPSA) is 87.5 Å². The van der Waals surface area contributed by atoms with Crippen LogP contribution in [0.25, 0.3) is 11.4 Å². The number of nitrogens with one attached hydrogen (secondary N) is 1. The first-order valence-corrected chi connectivity index (χ1v) is 13.4. The largest absolute Gasteiger partial charge is 0.507 e. The van der Waals surface area contributed by atoms with Crippen molar-refractivity contribution in [2.45, 2.75) is 30.7 Å². The first-order chi connectivity index (χ1) is 17.1. The number of piperidine rings is 1. The number of para-hydroxylation sites is 1. The lowest BCUT2D eigenvalue weighted by Crippen LogP contribution is -2.45. The number of aromatic hydroxyl groups is 1. The van der Waals surface area contributed by atoms with Crippen molar-refractivity contribution in [2.24, 2.45) is 0 Å². The number of nitrogens with zero attached hydrogens (tertiary/aromatic N) is 3. The van der Waals surface area contributed by atoms with Gasteiger partial charge in [-0.15, -0.1) is 0 Å². The van der Waals surface area contributed by atoms with Gasteiger partial charge in [0.15, 0.2) is 11.6 Å². The van der Waals surface area contributed by atoms with E-state index in [4.69, 9.17) is 0 Å². The maximum absolute atomic E-state index is 13.6. The molecule has 7 nitrogen and oxygen atoms in total. The number of hydrogen-bond acceptors (Lipinski definition) is 5. The number of benzene rings is 2. The molecule has 1 saturated heterocycles. The summed E-state index contributed by atoms with van der Waals surface area (Å²) in [5, 5.41) is 18.1. The first-order valence-electron chi connectivity index (χ1n) is 11.2. The zero-order valence-electron chi connectivity index (χ0n) is 19.5. The molecule has 0 amide bonds. The standard InChI is InChI=1S/C25H25BrF2N4O3S/c1-16(20-5-3-4-6-24(20)33)13-25(32-17(2)21(26)15-29-32)30-18-9-11-31(12-10-18)36(34,35)19-7-8-22(27)23(28)14-19/h3-8,13-15,18,30,33H,1,9-12H2,2H3/b25-13-. The Kier molecular flexibility index (Phi) is 7.62. The Balaban J connectivity index is 1.53. The van der Waals surface area contributed by atoms with Gasteiger partial charge in [-0.2, -0.15) is 9.40 Å². The quantitative estimate of drug-likeness (QED) is 0.390. The first kappa shape index (κ1) is 26.1. The molecule has 0 saturated carbocycles. The molecule has 4 rings (SSSR count). The van der Waals surface area contributed by atoms with E-state index in [1.165, 1.54) is 4.31 Å². The second-order valence-electron chi connectivity index (χ2n) is 8.46. The van der Waals surface area contributed by atoms with Gasteiger partial charge in [-0.05, 0) is 71.6 Å². The second kappa shape index (κ2) is 10.5. The molecule has 0 radical (unpaired) electrons. The van der Waals surface area contributed by atoms with Crippen LogP contribution in [0, 0.1) is 18.6 Å². The molecule has 190 valence electrons. The summed E-state index contributed by atoms with van der Waals surface area (Å²) in [7, 11) is -3.95. The summed E-state index contributed by atoms with van der Waals surface area (Å²) in [4.78, 5) is -0.274. The number of rotatable bonds is 7. The summed E-state index contributed by atoms with van der Waals surface area (Å²) < 4.78 is 56.6. The third kappa shape index (κ3) is 5.37. The highest BCUT2D eigenvalue weighted by Gasteiger charge is 2.30. The average molecular weight is 579 g/mol. The molecular formula is C25H25BrF2N4O3S.